The third kappa shape index (κ3) is 5.21. The molecule has 0 aliphatic carbocycles. The summed E-state index contributed by atoms with van der Waals surface area (Å²) in [5.41, 5.74) is 1.23. The van der Waals surface area contributed by atoms with Crippen molar-refractivity contribution in [3.05, 3.63) is 29.8 Å². The van der Waals surface area contributed by atoms with Gasteiger partial charge in [-0.3, -0.25) is 0 Å². The first-order valence-electron chi connectivity index (χ1n) is 7.48. The molecule has 1 aliphatic rings. The van der Waals surface area contributed by atoms with E-state index < -0.39 is 0 Å². The summed E-state index contributed by atoms with van der Waals surface area (Å²) in [5, 5.41) is 3.39. The minimum atomic E-state index is 0.840. The maximum atomic E-state index is 5.81. The molecule has 3 heteroatoms. The smallest absolute Gasteiger partial charge is 0.122 e. The normalized spacial score (nSPS) is 16.5. The van der Waals surface area contributed by atoms with Crippen molar-refractivity contribution in [3.8, 4) is 5.75 Å². The summed E-state index contributed by atoms with van der Waals surface area (Å²) in [5.74, 6) is 1.03. The number of hydrogen-bond donors (Lipinski definition) is 1. The number of benzene rings is 1. The molecule has 1 aromatic carbocycles. The van der Waals surface area contributed by atoms with Crippen molar-refractivity contribution in [1.29, 1.82) is 0 Å². The van der Waals surface area contributed by atoms with Gasteiger partial charge in [0.2, 0.25) is 0 Å². The maximum Gasteiger partial charge on any atom is 0.122 e. The van der Waals surface area contributed by atoms with Crippen molar-refractivity contribution in [3.63, 3.8) is 0 Å². The zero-order valence-corrected chi connectivity index (χ0v) is 12.0. The molecule has 3 nitrogen and oxygen atoms in total. The largest absolute Gasteiger partial charge is 0.493 e. The van der Waals surface area contributed by atoms with E-state index in [1.54, 1.807) is 0 Å². The number of aryl methyl sites for hydroxylation is 1. The van der Waals surface area contributed by atoms with Gasteiger partial charge in [0.15, 0.2) is 0 Å². The molecule has 106 valence electrons. The van der Waals surface area contributed by atoms with Crippen molar-refractivity contribution in [2.45, 2.75) is 26.2 Å². The Kier molecular flexibility index (Phi) is 6.18. The molecule has 1 saturated heterocycles. The zero-order chi connectivity index (χ0) is 13.3. The highest BCUT2D eigenvalue weighted by atomic mass is 16.5. The van der Waals surface area contributed by atoms with E-state index >= 15 is 0 Å². The lowest BCUT2D eigenvalue weighted by molar-refractivity contribution is 0.232. The Morgan fingerprint density at radius 2 is 1.89 bits per heavy atom. The van der Waals surface area contributed by atoms with Crippen LogP contribution in [0.4, 0.5) is 0 Å². The molecule has 2 rings (SSSR count). The van der Waals surface area contributed by atoms with Crippen molar-refractivity contribution in [2.75, 3.05) is 39.3 Å². The van der Waals surface area contributed by atoms with Crippen LogP contribution in [0, 0.1) is 6.92 Å². The van der Waals surface area contributed by atoms with Crippen LogP contribution in [0.25, 0.3) is 0 Å². The first kappa shape index (κ1) is 14.4. The predicted octanol–water partition coefficient (Wildman–Crippen LogP) is 2.45. The lowest BCUT2D eigenvalue weighted by Crippen LogP contribution is -2.43. The summed E-state index contributed by atoms with van der Waals surface area (Å²) in [6.07, 6.45) is 3.70. The Labute approximate surface area is 116 Å². The maximum absolute atomic E-state index is 5.81. The van der Waals surface area contributed by atoms with E-state index in [0.29, 0.717) is 0 Å². The van der Waals surface area contributed by atoms with Gasteiger partial charge >= 0.3 is 0 Å². The summed E-state index contributed by atoms with van der Waals surface area (Å²) in [7, 11) is 0. The van der Waals surface area contributed by atoms with Crippen LogP contribution < -0.4 is 10.1 Å². The van der Waals surface area contributed by atoms with E-state index in [1.165, 1.54) is 38.0 Å². The van der Waals surface area contributed by atoms with Gasteiger partial charge in [-0.15, -0.1) is 0 Å². The highest BCUT2D eigenvalue weighted by molar-refractivity contribution is 5.31. The second kappa shape index (κ2) is 8.18. The van der Waals surface area contributed by atoms with E-state index in [2.05, 4.69) is 35.3 Å². The lowest BCUT2D eigenvalue weighted by atomic mass is 10.2. The molecule has 0 atom stereocenters. The van der Waals surface area contributed by atoms with Crippen molar-refractivity contribution >= 4 is 0 Å². The number of piperazine rings is 1. The molecule has 1 heterocycles. The number of para-hydroxylation sites is 1. The van der Waals surface area contributed by atoms with Crippen molar-refractivity contribution in [2.24, 2.45) is 0 Å². The third-order valence-electron chi connectivity index (χ3n) is 3.68. The molecule has 1 N–H and O–H groups in total. The highest BCUT2D eigenvalue weighted by Crippen LogP contribution is 2.16. The number of nitrogens with zero attached hydrogens (tertiary/aromatic N) is 1. The zero-order valence-electron chi connectivity index (χ0n) is 12.0. The second-order valence-corrected chi connectivity index (χ2v) is 5.27. The molecule has 1 fully saturated rings. The third-order valence-corrected chi connectivity index (χ3v) is 3.68. The Morgan fingerprint density at radius 3 is 2.68 bits per heavy atom. The van der Waals surface area contributed by atoms with Gasteiger partial charge in [-0.2, -0.15) is 0 Å². The summed E-state index contributed by atoms with van der Waals surface area (Å²) >= 11 is 0. The first-order chi connectivity index (χ1) is 9.36. The molecule has 0 saturated carbocycles. The minimum absolute atomic E-state index is 0.840. The Balaban J connectivity index is 1.51. The van der Waals surface area contributed by atoms with Gasteiger partial charge < -0.3 is 15.0 Å². The molecular formula is C16H26N2O. The summed E-state index contributed by atoms with van der Waals surface area (Å²) in [6.45, 7) is 8.89. The van der Waals surface area contributed by atoms with Gasteiger partial charge in [0.05, 0.1) is 6.61 Å². The molecule has 1 aliphatic heterocycles. The van der Waals surface area contributed by atoms with Crippen LogP contribution in [0.2, 0.25) is 0 Å². The lowest BCUT2D eigenvalue weighted by Gasteiger charge is -2.27. The molecule has 0 amide bonds. The van der Waals surface area contributed by atoms with Crippen LogP contribution in [0.5, 0.6) is 5.75 Å². The van der Waals surface area contributed by atoms with Gasteiger partial charge in [-0.1, -0.05) is 18.2 Å². The van der Waals surface area contributed by atoms with Crippen LogP contribution in [-0.2, 0) is 0 Å². The SMILES string of the molecule is Cc1ccccc1OCCCCCN1CCNCC1. The predicted molar refractivity (Wildman–Crippen MR) is 79.8 cm³/mol. The number of unbranched alkanes of at least 4 members (excludes halogenated alkanes) is 2. The molecule has 1 aromatic rings. The van der Waals surface area contributed by atoms with Gasteiger partial charge in [0.1, 0.15) is 5.75 Å². The van der Waals surface area contributed by atoms with Crippen LogP contribution in [0.15, 0.2) is 24.3 Å². The van der Waals surface area contributed by atoms with E-state index in [-0.39, 0.29) is 0 Å². The fraction of sp³-hybridized carbons (Fsp3) is 0.625. The standard InChI is InChI=1S/C16H26N2O/c1-15-7-3-4-8-16(15)19-14-6-2-5-11-18-12-9-17-10-13-18/h3-4,7-8,17H,2,5-6,9-14H2,1H3. The molecule has 19 heavy (non-hydrogen) atoms. The number of ether oxygens (including phenoxy) is 1. The quantitative estimate of drug-likeness (QED) is 0.764. The molecule has 0 unspecified atom stereocenters. The van der Waals surface area contributed by atoms with E-state index in [9.17, 15) is 0 Å². The topological polar surface area (TPSA) is 24.5 Å². The van der Waals surface area contributed by atoms with Gasteiger partial charge in [0, 0.05) is 26.2 Å². The monoisotopic (exact) mass is 262 g/mol. The van der Waals surface area contributed by atoms with Crippen LogP contribution >= 0.6 is 0 Å². The average Bonchev–Trinajstić information content (AvgIpc) is 2.45. The second-order valence-electron chi connectivity index (χ2n) is 5.27. The first-order valence-corrected chi connectivity index (χ1v) is 7.48. The van der Waals surface area contributed by atoms with E-state index in [1.807, 2.05) is 6.07 Å². The number of nitrogens with one attached hydrogen (secondary N) is 1. The Morgan fingerprint density at radius 1 is 1.11 bits per heavy atom. The highest BCUT2D eigenvalue weighted by Gasteiger charge is 2.08. The van der Waals surface area contributed by atoms with Crippen molar-refractivity contribution in [1.82, 2.24) is 10.2 Å². The molecule has 0 aromatic heterocycles. The van der Waals surface area contributed by atoms with Crippen LogP contribution in [0.3, 0.4) is 0 Å². The fourth-order valence-corrected chi connectivity index (χ4v) is 2.45. The van der Waals surface area contributed by atoms with Gasteiger partial charge in [-0.05, 0) is 44.4 Å². The van der Waals surface area contributed by atoms with Gasteiger partial charge in [-0.25, -0.2) is 0 Å². The van der Waals surface area contributed by atoms with E-state index in [4.69, 9.17) is 4.74 Å². The summed E-state index contributed by atoms with van der Waals surface area (Å²) < 4.78 is 5.81. The fourth-order valence-electron chi connectivity index (χ4n) is 2.45. The molecule has 0 spiro atoms. The summed E-state index contributed by atoms with van der Waals surface area (Å²) in [6, 6.07) is 8.23. The molecule has 0 radical (unpaired) electrons. The summed E-state index contributed by atoms with van der Waals surface area (Å²) in [4.78, 5) is 2.55. The van der Waals surface area contributed by atoms with Crippen LogP contribution in [-0.4, -0.2) is 44.2 Å². The van der Waals surface area contributed by atoms with Gasteiger partial charge in [0.25, 0.3) is 0 Å². The number of rotatable bonds is 7. The average molecular weight is 262 g/mol. The van der Waals surface area contributed by atoms with Crippen LogP contribution in [0.1, 0.15) is 24.8 Å². The Bertz CT molecular complexity index is 362. The molecular weight excluding hydrogens is 236 g/mol. The van der Waals surface area contributed by atoms with Crippen molar-refractivity contribution < 1.29 is 4.74 Å². The molecule has 0 bridgehead atoms. The minimum Gasteiger partial charge on any atom is -0.493 e. The van der Waals surface area contributed by atoms with E-state index in [0.717, 1.165) is 31.9 Å². The number of hydrogen-bond acceptors (Lipinski definition) is 3. The Hall–Kier alpha value is -1.06.